The van der Waals surface area contributed by atoms with Gasteiger partial charge in [0, 0.05) is 49.3 Å². The monoisotopic (exact) mass is 432 g/mol. The highest BCUT2D eigenvalue weighted by molar-refractivity contribution is 6.71. The average molecular weight is 433 g/mol. The number of piperidine rings is 1. The van der Waals surface area contributed by atoms with E-state index in [1.165, 1.54) is 0 Å². The molecular weight excluding hydrogens is 400 g/mol. The molecule has 0 unspecified atom stereocenters. The summed E-state index contributed by atoms with van der Waals surface area (Å²) in [7, 11) is -0.939. The minimum Gasteiger partial charge on any atom is -0.432 e. The van der Waals surface area contributed by atoms with E-state index < -0.39 is 13.9 Å². The van der Waals surface area contributed by atoms with Crippen molar-refractivity contribution in [2.45, 2.75) is 62.9 Å². The third-order valence-electron chi connectivity index (χ3n) is 7.15. The van der Waals surface area contributed by atoms with Gasteiger partial charge in [-0.1, -0.05) is 6.92 Å². The van der Waals surface area contributed by atoms with Crippen LogP contribution in [0.15, 0.2) is 18.2 Å². The summed E-state index contributed by atoms with van der Waals surface area (Å²) in [5.41, 5.74) is 0.951. The number of hydrogen-bond acceptors (Lipinski definition) is 5. The third kappa shape index (κ3) is 3.04. The smallest absolute Gasteiger partial charge is 0.264 e. The van der Waals surface area contributed by atoms with Gasteiger partial charge >= 0.3 is 0 Å². The fourth-order valence-electron chi connectivity index (χ4n) is 5.82. The van der Waals surface area contributed by atoms with Crippen LogP contribution in [0.5, 0.6) is 0 Å². The minimum atomic E-state index is -2.68. The molecule has 0 aromatic heterocycles. The van der Waals surface area contributed by atoms with Gasteiger partial charge in [0.15, 0.2) is 13.9 Å². The first kappa shape index (κ1) is 21.5. The van der Waals surface area contributed by atoms with Crippen LogP contribution in [0.25, 0.3) is 0 Å². The van der Waals surface area contributed by atoms with Crippen molar-refractivity contribution in [1.82, 2.24) is 0 Å². The van der Waals surface area contributed by atoms with E-state index >= 15 is 0 Å². The molecule has 3 aliphatic rings. The topological polar surface area (TPSA) is 90.3 Å². The number of carbonyl (C=O) groups excluding carboxylic acids is 2. The summed E-state index contributed by atoms with van der Waals surface area (Å²) < 4.78 is 6.50. The van der Waals surface area contributed by atoms with Gasteiger partial charge in [-0.3, -0.25) is 9.59 Å². The Morgan fingerprint density at radius 2 is 2.00 bits per heavy atom. The number of ether oxygens (including phenoxy) is 1. The first-order chi connectivity index (χ1) is 14.1. The molecule has 164 valence electrons. The summed E-state index contributed by atoms with van der Waals surface area (Å²) in [6.45, 7) is 6.33. The van der Waals surface area contributed by atoms with Crippen molar-refractivity contribution in [3.63, 3.8) is 0 Å². The fraction of sp³-hybridized carbons (Fsp3) is 0.636. The molecule has 3 aliphatic heterocycles. The Morgan fingerprint density at radius 3 is 2.63 bits per heavy atom. The predicted octanol–water partition coefficient (Wildman–Crippen LogP) is 2.36. The molecule has 1 spiro atoms. The van der Waals surface area contributed by atoms with E-state index in [4.69, 9.17) is 4.74 Å². The van der Waals surface area contributed by atoms with E-state index in [2.05, 4.69) is 0 Å². The summed E-state index contributed by atoms with van der Waals surface area (Å²) in [6, 6.07) is 5.73. The van der Waals surface area contributed by atoms with Gasteiger partial charge < -0.3 is 24.4 Å². The average Bonchev–Trinajstić information content (AvgIpc) is 3.10. The van der Waals surface area contributed by atoms with E-state index in [0.717, 1.165) is 29.8 Å². The second kappa shape index (κ2) is 7.44. The largest absolute Gasteiger partial charge is 0.432 e. The molecule has 1 aromatic carbocycles. The SMILES string of the molecule is C[C@@H]1[C@@H]([Si](C)(C)O)[C@H](CCO)O[C@@]12C(=O)N(C)c1ccc(N3CCCCC3=O)cc12. The maximum Gasteiger partial charge on any atom is 0.264 e. The molecule has 8 heteroatoms. The second-order valence-electron chi connectivity index (χ2n) is 9.44. The Labute approximate surface area is 178 Å². The Morgan fingerprint density at radius 1 is 1.27 bits per heavy atom. The molecule has 3 heterocycles. The number of hydrogen-bond donors (Lipinski definition) is 2. The Hall–Kier alpha value is -1.74. The van der Waals surface area contributed by atoms with Crippen LogP contribution in [-0.4, -0.2) is 56.3 Å². The predicted molar refractivity (Wildman–Crippen MR) is 117 cm³/mol. The van der Waals surface area contributed by atoms with Crippen molar-refractivity contribution in [1.29, 1.82) is 0 Å². The van der Waals surface area contributed by atoms with Crippen LogP contribution in [0, 0.1) is 5.92 Å². The molecule has 2 amide bonds. The lowest BCUT2D eigenvalue weighted by atomic mass is 9.82. The molecule has 0 aliphatic carbocycles. The van der Waals surface area contributed by atoms with Crippen LogP contribution in [0.2, 0.25) is 18.6 Å². The molecule has 0 saturated carbocycles. The van der Waals surface area contributed by atoms with Crippen molar-refractivity contribution in [2.75, 3.05) is 30.0 Å². The van der Waals surface area contributed by atoms with Crippen molar-refractivity contribution in [2.24, 2.45) is 5.92 Å². The third-order valence-corrected chi connectivity index (χ3v) is 9.65. The highest BCUT2D eigenvalue weighted by atomic mass is 28.4. The van der Waals surface area contributed by atoms with Crippen molar-refractivity contribution in [3.8, 4) is 0 Å². The van der Waals surface area contributed by atoms with E-state index in [-0.39, 0.29) is 36.0 Å². The number of anilines is 2. The lowest BCUT2D eigenvalue weighted by Crippen LogP contribution is -2.45. The molecule has 4 atom stereocenters. The first-order valence-electron chi connectivity index (χ1n) is 10.9. The van der Waals surface area contributed by atoms with E-state index in [0.29, 0.717) is 19.4 Å². The molecule has 2 saturated heterocycles. The quantitative estimate of drug-likeness (QED) is 0.713. The van der Waals surface area contributed by atoms with Crippen LogP contribution < -0.4 is 9.80 Å². The Kier molecular flexibility index (Phi) is 5.33. The van der Waals surface area contributed by atoms with Gasteiger partial charge in [0.25, 0.3) is 5.91 Å². The number of carbonyl (C=O) groups is 2. The van der Waals surface area contributed by atoms with Crippen molar-refractivity contribution in [3.05, 3.63) is 23.8 Å². The number of benzene rings is 1. The van der Waals surface area contributed by atoms with Gasteiger partial charge in [0.1, 0.15) is 0 Å². The van der Waals surface area contributed by atoms with Gasteiger partial charge in [-0.2, -0.15) is 0 Å². The standard InChI is InChI=1S/C22H32N2O5Si/c1-14-20(30(3,4)28)18(10-12-25)29-22(14)16-13-15(24-11-6-5-7-19(24)26)8-9-17(16)23(2)21(22)27/h8-9,13-14,18,20,25,28H,5-7,10-12H2,1-4H3/t14-,18+,20-,22+/m1/s1. The first-order valence-corrected chi connectivity index (χ1v) is 13.9. The van der Waals surface area contributed by atoms with Gasteiger partial charge in [-0.15, -0.1) is 0 Å². The van der Waals surface area contributed by atoms with Gasteiger partial charge in [0.05, 0.1) is 11.8 Å². The van der Waals surface area contributed by atoms with Crippen molar-refractivity contribution >= 4 is 31.5 Å². The summed E-state index contributed by atoms with van der Waals surface area (Å²) in [4.78, 5) is 40.5. The number of likely N-dealkylation sites (N-methyl/N-ethyl adjacent to an activating group) is 1. The van der Waals surface area contributed by atoms with Crippen LogP contribution in [0.1, 0.15) is 38.2 Å². The Balaban J connectivity index is 1.83. The molecule has 2 fully saturated rings. The fourth-order valence-corrected chi connectivity index (χ4v) is 8.42. The molecule has 1 aromatic rings. The molecule has 7 nitrogen and oxygen atoms in total. The van der Waals surface area contributed by atoms with E-state index in [1.807, 2.05) is 38.2 Å². The molecule has 0 radical (unpaired) electrons. The van der Waals surface area contributed by atoms with Crippen molar-refractivity contribution < 1.29 is 24.2 Å². The summed E-state index contributed by atoms with van der Waals surface area (Å²) >= 11 is 0. The number of amides is 2. The normalized spacial score (nSPS) is 31.7. The Bertz CT molecular complexity index is 870. The van der Waals surface area contributed by atoms with Gasteiger partial charge in [0.2, 0.25) is 5.91 Å². The maximum absolute atomic E-state index is 13.6. The maximum atomic E-state index is 13.6. The highest BCUT2D eigenvalue weighted by Crippen LogP contribution is 2.59. The number of aliphatic hydroxyl groups is 1. The van der Waals surface area contributed by atoms with Crippen LogP contribution in [-0.2, 0) is 19.9 Å². The zero-order valence-electron chi connectivity index (χ0n) is 18.2. The van der Waals surface area contributed by atoms with E-state index in [9.17, 15) is 19.5 Å². The zero-order valence-corrected chi connectivity index (χ0v) is 19.2. The lowest BCUT2D eigenvalue weighted by molar-refractivity contribution is -0.146. The zero-order chi connectivity index (χ0) is 21.8. The minimum absolute atomic E-state index is 0.0619. The summed E-state index contributed by atoms with van der Waals surface area (Å²) in [5, 5.41) is 9.60. The lowest BCUT2D eigenvalue weighted by Gasteiger charge is -2.32. The van der Waals surface area contributed by atoms with Gasteiger partial charge in [-0.25, -0.2) is 0 Å². The number of fused-ring (bicyclic) bond motifs is 2. The molecule has 4 rings (SSSR count). The van der Waals surface area contributed by atoms with Crippen LogP contribution in [0.3, 0.4) is 0 Å². The molecule has 2 N–H and O–H groups in total. The molecule has 30 heavy (non-hydrogen) atoms. The molecule has 0 bridgehead atoms. The summed E-state index contributed by atoms with van der Waals surface area (Å²) in [5.74, 6) is -0.284. The number of rotatable bonds is 4. The van der Waals surface area contributed by atoms with Gasteiger partial charge in [-0.05, 0) is 50.6 Å². The summed E-state index contributed by atoms with van der Waals surface area (Å²) in [6.07, 6.45) is 2.40. The number of nitrogens with zero attached hydrogens (tertiary/aromatic N) is 2. The van der Waals surface area contributed by atoms with Crippen LogP contribution >= 0.6 is 0 Å². The van der Waals surface area contributed by atoms with E-state index in [1.54, 1.807) is 16.8 Å². The second-order valence-corrected chi connectivity index (χ2v) is 13.4. The van der Waals surface area contributed by atoms with Crippen LogP contribution in [0.4, 0.5) is 11.4 Å². The highest BCUT2D eigenvalue weighted by Gasteiger charge is 2.65. The number of aliphatic hydroxyl groups excluding tert-OH is 1. The molecular formula is C22H32N2O5Si.